The monoisotopic (exact) mass is 435 g/mol. The van der Waals surface area contributed by atoms with Crippen LogP contribution in [-0.4, -0.2) is 50.4 Å². The lowest BCUT2D eigenvalue weighted by molar-refractivity contribution is 0.0690. The molecule has 0 aliphatic carbocycles. The van der Waals surface area contributed by atoms with E-state index in [-0.39, 0.29) is 40.3 Å². The Hall–Kier alpha value is -2.19. The topological polar surface area (TPSA) is 88.6 Å². The molecule has 1 amide bonds. The highest BCUT2D eigenvalue weighted by Crippen LogP contribution is 2.26. The molecular weight excluding hydrogens is 410 g/mol. The smallest absolute Gasteiger partial charge is 0.254 e. The molecule has 1 heterocycles. The lowest BCUT2D eigenvalue weighted by Crippen LogP contribution is -2.36. The molecule has 0 aromatic heterocycles. The molecule has 2 aromatic carbocycles. The fourth-order valence-electron chi connectivity index (χ4n) is 3.44. The Morgan fingerprint density at radius 1 is 1.10 bits per heavy atom. The van der Waals surface area contributed by atoms with Crippen molar-refractivity contribution in [1.82, 2.24) is 4.90 Å². The summed E-state index contributed by atoms with van der Waals surface area (Å²) < 4.78 is 49.2. The van der Waals surface area contributed by atoms with Crippen molar-refractivity contribution in [2.75, 3.05) is 11.5 Å². The van der Waals surface area contributed by atoms with Crippen LogP contribution in [0.4, 0.5) is 0 Å². The van der Waals surface area contributed by atoms with Gasteiger partial charge < -0.3 is 4.90 Å². The largest absolute Gasteiger partial charge is 0.332 e. The zero-order valence-electron chi connectivity index (χ0n) is 16.5. The normalized spacial score (nSPS) is 18.7. The van der Waals surface area contributed by atoms with Crippen LogP contribution in [0.1, 0.15) is 36.2 Å². The zero-order chi connectivity index (χ0) is 21.2. The third kappa shape index (κ3) is 4.87. The molecule has 29 heavy (non-hydrogen) atoms. The maximum atomic E-state index is 13.1. The van der Waals surface area contributed by atoms with Crippen molar-refractivity contribution in [2.24, 2.45) is 0 Å². The van der Waals surface area contributed by atoms with Crippen LogP contribution in [0.2, 0.25) is 0 Å². The number of hydrogen-bond donors (Lipinski definition) is 0. The molecule has 0 N–H and O–H groups in total. The highest BCUT2D eigenvalue weighted by molar-refractivity contribution is 7.96. The van der Waals surface area contributed by atoms with E-state index in [0.29, 0.717) is 6.54 Å². The number of sulfone groups is 2. The van der Waals surface area contributed by atoms with Gasteiger partial charge in [0.05, 0.1) is 21.7 Å². The average Bonchev–Trinajstić information content (AvgIpc) is 3.07. The average molecular weight is 436 g/mol. The van der Waals surface area contributed by atoms with Gasteiger partial charge in [-0.25, -0.2) is 16.8 Å². The number of nitrogens with zero attached hydrogens (tertiary/aromatic N) is 1. The second-order valence-electron chi connectivity index (χ2n) is 7.61. The molecule has 1 aliphatic rings. The second kappa shape index (κ2) is 8.28. The third-order valence-corrected chi connectivity index (χ3v) is 9.29. The summed E-state index contributed by atoms with van der Waals surface area (Å²) in [6.45, 7) is 4.23. The van der Waals surface area contributed by atoms with E-state index in [2.05, 4.69) is 0 Å². The van der Waals surface area contributed by atoms with Crippen molar-refractivity contribution in [2.45, 2.75) is 43.0 Å². The minimum absolute atomic E-state index is 0.00568. The van der Waals surface area contributed by atoms with Gasteiger partial charge >= 0.3 is 0 Å². The fraction of sp³-hybridized carbons (Fsp3) is 0.381. The van der Waals surface area contributed by atoms with Crippen molar-refractivity contribution in [3.63, 3.8) is 0 Å². The van der Waals surface area contributed by atoms with Gasteiger partial charge in [-0.2, -0.15) is 0 Å². The predicted molar refractivity (Wildman–Crippen MR) is 112 cm³/mol. The van der Waals surface area contributed by atoms with E-state index in [1.54, 1.807) is 11.0 Å². The minimum Gasteiger partial charge on any atom is -0.332 e. The molecule has 0 radical (unpaired) electrons. The number of carbonyl (C=O) groups is 1. The van der Waals surface area contributed by atoms with Crippen molar-refractivity contribution in [3.05, 3.63) is 65.7 Å². The van der Waals surface area contributed by atoms with Gasteiger partial charge in [-0.1, -0.05) is 36.4 Å². The molecule has 156 valence electrons. The molecule has 6 nitrogen and oxygen atoms in total. The van der Waals surface area contributed by atoms with Crippen molar-refractivity contribution < 1.29 is 21.6 Å². The van der Waals surface area contributed by atoms with Crippen LogP contribution >= 0.6 is 0 Å². The van der Waals surface area contributed by atoms with E-state index in [0.717, 1.165) is 5.56 Å². The molecule has 8 heteroatoms. The van der Waals surface area contributed by atoms with Crippen LogP contribution in [-0.2, 0) is 26.2 Å². The summed E-state index contributed by atoms with van der Waals surface area (Å²) in [6, 6.07) is 15.4. The Bertz CT molecular complexity index is 1090. The number of amides is 1. The van der Waals surface area contributed by atoms with Crippen LogP contribution < -0.4 is 0 Å². The van der Waals surface area contributed by atoms with E-state index >= 15 is 0 Å². The number of benzene rings is 2. The van der Waals surface area contributed by atoms with Crippen LogP contribution in [0.15, 0.2) is 59.5 Å². The molecular formula is C21H25NO5S2. The highest BCUT2D eigenvalue weighted by atomic mass is 32.2. The summed E-state index contributed by atoms with van der Waals surface area (Å²) in [5, 5.41) is -0.955. The zero-order valence-corrected chi connectivity index (χ0v) is 18.1. The summed E-state index contributed by atoms with van der Waals surface area (Å²) in [6.07, 6.45) is 0.0922. The molecule has 1 atom stereocenters. The van der Waals surface area contributed by atoms with Gasteiger partial charge in [0.15, 0.2) is 19.7 Å². The van der Waals surface area contributed by atoms with Gasteiger partial charge in [0.2, 0.25) is 0 Å². The molecule has 1 unspecified atom stereocenters. The molecule has 0 saturated carbocycles. The molecule has 0 bridgehead atoms. The quantitative estimate of drug-likeness (QED) is 0.696. The molecule has 1 fully saturated rings. The number of rotatable bonds is 6. The fourth-order valence-corrected chi connectivity index (χ4v) is 7.84. The van der Waals surface area contributed by atoms with Gasteiger partial charge in [0.25, 0.3) is 5.91 Å². The molecule has 0 spiro atoms. The highest BCUT2D eigenvalue weighted by Gasteiger charge is 2.38. The Balaban J connectivity index is 1.88. The Kier molecular flexibility index (Phi) is 6.14. The Morgan fingerprint density at radius 3 is 2.38 bits per heavy atom. The summed E-state index contributed by atoms with van der Waals surface area (Å²) in [4.78, 5) is 14.8. The molecule has 1 aliphatic heterocycles. The van der Waals surface area contributed by atoms with Crippen LogP contribution in [0.3, 0.4) is 0 Å². The SMILES string of the molecule is CC(C)N(Cc1ccccc1)C(=O)c1cccc(S(=O)(=O)C2CCS(=O)(=O)C2)c1. The predicted octanol–water partition coefficient (Wildman–Crippen LogP) is 2.70. The summed E-state index contributed by atoms with van der Waals surface area (Å²) in [5.74, 6) is -0.743. The van der Waals surface area contributed by atoms with Gasteiger partial charge in [0.1, 0.15) is 0 Å². The first-order chi connectivity index (χ1) is 13.6. The van der Waals surface area contributed by atoms with Gasteiger partial charge in [-0.3, -0.25) is 4.79 Å². The maximum absolute atomic E-state index is 13.1. The van der Waals surface area contributed by atoms with E-state index in [1.165, 1.54) is 18.2 Å². The molecule has 3 rings (SSSR count). The second-order valence-corrected chi connectivity index (χ2v) is 12.1. The van der Waals surface area contributed by atoms with Crippen molar-refractivity contribution in [3.8, 4) is 0 Å². The number of carbonyl (C=O) groups excluding carboxylic acids is 1. The van der Waals surface area contributed by atoms with Crippen LogP contribution in [0, 0.1) is 0 Å². The van der Waals surface area contributed by atoms with E-state index in [9.17, 15) is 21.6 Å². The summed E-state index contributed by atoms with van der Waals surface area (Å²) >= 11 is 0. The van der Waals surface area contributed by atoms with E-state index in [1.807, 2.05) is 44.2 Å². The summed E-state index contributed by atoms with van der Waals surface area (Å²) in [7, 11) is -7.15. The number of hydrogen-bond acceptors (Lipinski definition) is 5. The molecule has 1 saturated heterocycles. The molecule has 2 aromatic rings. The van der Waals surface area contributed by atoms with Gasteiger partial charge in [-0.05, 0) is 44.0 Å². The first-order valence-corrected chi connectivity index (χ1v) is 12.9. The van der Waals surface area contributed by atoms with Gasteiger partial charge in [-0.15, -0.1) is 0 Å². The lowest BCUT2D eigenvalue weighted by atomic mass is 10.1. The van der Waals surface area contributed by atoms with Crippen LogP contribution in [0.25, 0.3) is 0 Å². The van der Waals surface area contributed by atoms with Crippen LogP contribution in [0.5, 0.6) is 0 Å². The first-order valence-electron chi connectivity index (χ1n) is 9.49. The van der Waals surface area contributed by atoms with Gasteiger partial charge in [0, 0.05) is 18.2 Å². The third-order valence-electron chi connectivity index (χ3n) is 5.12. The summed E-state index contributed by atoms with van der Waals surface area (Å²) in [5.41, 5.74) is 1.26. The Morgan fingerprint density at radius 2 is 1.79 bits per heavy atom. The maximum Gasteiger partial charge on any atom is 0.254 e. The van der Waals surface area contributed by atoms with Crippen molar-refractivity contribution in [1.29, 1.82) is 0 Å². The van der Waals surface area contributed by atoms with E-state index < -0.39 is 24.9 Å². The van der Waals surface area contributed by atoms with E-state index in [4.69, 9.17) is 0 Å². The van der Waals surface area contributed by atoms with Crippen molar-refractivity contribution >= 4 is 25.6 Å². The Labute approximate surface area is 172 Å². The standard InChI is InChI=1S/C21H25NO5S2/c1-16(2)22(14-17-7-4-3-5-8-17)21(23)18-9-6-10-19(13-18)29(26,27)20-11-12-28(24,25)15-20/h3-10,13,16,20H,11-12,14-15H2,1-2H3. The lowest BCUT2D eigenvalue weighted by Gasteiger charge is -2.27. The first kappa shape index (κ1) is 21.5. The minimum atomic E-state index is -3.82.